The molecule has 1 aliphatic heterocycles. The van der Waals surface area contributed by atoms with Crippen molar-refractivity contribution >= 4 is 11.7 Å². The first kappa shape index (κ1) is 17.2. The normalized spacial score (nSPS) is 18.4. The lowest BCUT2D eigenvalue weighted by molar-refractivity contribution is -0.141. The summed E-state index contributed by atoms with van der Waals surface area (Å²) in [5.74, 6) is -0.196. The Morgan fingerprint density at radius 3 is 2.80 bits per heavy atom. The number of alkyl halides is 3. The van der Waals surface area contributed by atoms with Crippen molar-refractivity contribution in [3.8, 4) is 0 Å². The molecule has 1 atom stereocenters. The first-order chi connectivity index (χ1) is 11.8. The Balaban J connectivity index is 1.81. The summed E-state index contributed by atoms with van der Waals surface area (Å²) in [5, 5.41) is 0. The van der Waals surface area contributed by atoms with Gasteiger partial charge >= 0.3 is 6.18 Å². The fourth-order valence-corrected chi connectivity index (χ4v) is 3.04. The van der Waals surface area contributed by atoms with Gasteiger partial charge in [0.05, 0.1) is 5.56 Å². The van der Waals surface area contributed by atoms with Gasteiger partial charge in [-0.05, 0) is 12.8 Å². The largest absolute Gasteiger partial charge is 0.434 e. The molecule has 134 valence electrons. The molecule has 10 heteroatoms. The Morgan fingerprint density at radius 1 is 1.40 bits per heavy atom. The average molecular weight is 354 g/mol. The van der Waals surface area contributed by atoms with E-state index in [2.05, 4.69) is 15.0 Å². The molecule has 0 radical (unpaired) electrons. The van der Waals surface area contributed by atoms with E-state index in [1.807, 2.05) is 0 Å². The lowest BCUT2D eigenvalue weighted by Gasteiger charge is -2.32. The van der Waals surface area contributed by atoms with Gasteiger partial charge in [0.2, 0.25) is 0 Å². The van der Waals surface area contributed by atoms with Gasteiger partial charge in [-0.3, -0.25) is 4.79 Å². The number of amides is 1. The number of likely N-dealkylation sites (tertiary alicyclic amines) is 1. The van der Waals surface area contributed by atoms with Gasteiger partial charge in [-0.15, -0.1) is 0 Å². The summed E-state index contributed by atoms with van der Waals surface area (Å²) >= 11 is 0. The van der Waals surface area contributed by atoms with Crippen LogP contribution < -0.4 is 5.73 Å². The quantitative estimate of drug-likeness (QED) is 0.889. The number of nitrogen functional groups attached to an aromatic ring is 1. The third kappa shape index (κ3) is 3.42. The summed E-state index contributed by atoms with van der Waals surface area (Å²) in [4.78, 5) is 25.5. The molecule has 1 amide bonds. The number of aromatic nitrogens is 4. The van der Waals surface area contributed by atoms with Gasteiger partial charge in [0.1, 0.15) is 18.0 Å². The van der Waals surface area contributed by atoms with Crippen LogP contribution in [0.5, 0.6) is 0 Å². The third-order valence-electron chi connectivity index (χ3n) is 4.25. The van der Waals surface area contributed by atoms with Crippen molar-refractivity contribution in [1.29, 1.82) is 0 Å². The lowest BCUT2D eigenvalue weighted by atomic mass is 9.96. The molecule has 0 bridgehead atoms. The predicted molar refractivity (Wildman–Crippen MR) is 82.5 cm³/mol. The molecule has 0 aliphatic carbocycles. The summed E-state index contributed by atoms with van der Waals surface area (Å²) in [5.41, 5.74) is 4.98. The number of carbonyl (C=O) groups excluding carboxylic acids is 1. The smallest absolute Gasteiger partial charge is 0.383 e. The molecule has 2 N–H and O–H groups in total. The number of nitrogens with zero attached hydrogens (tertiary/aromatic N) is 5. The number of anilines is 1. The van der Waals surface area contributed by atoms with Crippen molar-refractivity contribution in [3.05, 3.63) is 35.8 Å². The van der Waals surface area contributed by atoms with Crippen LogP contribution in [-0.4, -0.2) is 43.4 Å². The number of piperidine rings is 1. The van der Waals surface area contributed by atoms with E-state index in [0.29, 0.717) is 25.2 Å². The Kier molecular flexibility index (Phi) is 4.36. The highest BCUT2D eigenvalue weighted by atomic mass is 19.4. The Labute approximate surface area is 141 Å². The second-order valence-electron chi connectivity index (χ2n) is 6.00. The first-order valence-electron chi connectivity index (χ1n) is 7.72. The zero-order chi connectivity index (χ0) is 18.2. The van der Waals surface area contributed by atoms with E-state index < -0.39 is 11.9 Å². The van der Waals surface area contributed by atoms with Crippen molar-refractivity contribution in [3.63, 3.8) is 0 Å². The molecule has 3 rings (SSSR count). The minimum atomic E-state index is -4.49. The highest BCUT2D eigenvalue weighted by molar-refractivity contribution is 5.98. The predicted octanol–water partition coefficient (Wildman–Crippen LogP) is 1.83. The first-order valence-corrected chi connectivity index (χ1v) is 7.72. The molecule has 2 aromatic rings. The number of imidazole rings is 1. The topological polar surface area (TPSA) is 89.9 Å². The van der Waals surface area contributed by atoms with Crippen LogP contribution in [0.2, 0.25) is 0 Å². The number of hydrogen-bond acceptors (Lipinski definition) is 5. The average Bonchev–Trinajstić information content (AvgIpc) is 2.97. The molecule has 1 fully saturated rings. The summed E-state index contributed by atoms with van der Waals surface area (Å²) in [7, 11) is 1.53. The lowest BCUT2D eigenvalue weighted by Crippen LogP contribution is -2.40. The molecule has 2 aromatic heterocycles. The SMILES string of the molecule is Cn1cc(C(F)(F)F)nc1[C@H]1CCCN(C(=O)c2cncnc2N)C1. The van der Waals surface area contributed by atoms with Crippen molar-refractivity contribution in [2.45, 2.75) is 24.9 Å². The minimum absolute atomic E-state index is 0.0819. The molecule has 1 saturated heterocycles. The number of carbonyl (C=O) groups is 1. The van der Waals surface area contributed by atoms with Gasteiger partial charge in [-0.2, -0.15) is 13.2 Å². The molecule has 0 saturated carbocycles. The van der Waals surface area contributed by atoms with E-state index in [1.54, 1.807) is 4.90 Å². The third-order valence-corrected chi connectivity index (χ3v) is 4.25. The monoisotopic (exact) mass is 354 g/mol. The fourth-order valence-electron chi connectivity index (χ4n) is 3.04. The Hall–Kier alpha value is -2.65. The number of nitrogens with two attached hydrogens (primary N) is 1. The van der Waals surface area contributed by atoms with E-state index >= 15 is 0 Å². The molecule has 25 heavy (non-hydrogen) atoms. The van der Waals surface area contributed by atoms with Crippen LogP contribution in [-0.2, 0) is 13.2 Å². The van der Waals surface area contributed by atoms with Gasteiger partial charge in [0, 0.05) is 38.4 Å². The number of aryl methyl sites for hydroxylation is 1. The molecular formula is C15H17F3N6O. The van der Waals surface area contributed by atoms with E-state index in [9.17, 15) is 18.0 Å². The van der Waals surface area contributed by atoms with E-state index in [0.717, 1.165) is 6.20 Å². The van der Waals surface area contributed by atoms with E-state index in [4.69, 9.17) is 5.73 Å². The second-order valence-corrected chi connectivity index (χ2v) is 6.00. The van der Waals surface area contributed by atoms with Gasteiger partial charge in [0.25, 0.3) is 5.91 Å². The summed E-state index contributed by atoms with van der Waals surface area (Å²) in [6.07, 6.45) is 0.397. The summed E-state index contributed by atoms with van der Waals surface area (Å²) in [6.45, 7) is 0.773. The van der Waals surface area contributed by atoms with Crippen LogP contribution in [0.15, 0.2) is 18.7 Å². The summed E-state index contributed by atoms with van der Waals surface area (Å²) in [6, 6.07) is 0. The fraction of sp³-hybridized carbons (Fsp3) is 0.467. The maximum Gasteiger partial charge on any atom is 0.434 e. The van der Waals surface area contributed by atoms with E-state index in [1.165, 1.54) is 24.1 Å². The number of rotatable bonds is 2. The van der Waals surface area contributed by atoms with Crippen molar-refractivity contribution < 1.29 is 18.0 Å². The van der Waals surface area contributed by atoms with Crippen LogP contribution >= 0.6 is 0 Å². The highest BCUT2D eigenvalue weighted by Gasteiger charge is 2.36. The maximum absolute atomic E-state index is 12.9. The summed E-state index contributed by atoms with van der Waals surface area (Å²) < 4.78 is 39.9. The van der Waals surface area contributed by atoms with Gasteiger partial charge in [-0.1, -0.05) is 0 Å². The van der Waals surface area contributed by atoms with Crippen LogP contribution in [0.1, 0.15) is 40.6 Å². The molecule has 0 spiro atoms. The van der Waals surface area contributed by atoms with Crippen molar-refractivity contribution in [2.75, 3.05) is 18.8 Å². The molecule has 7 nitrogen and oxygen atoms in total. The standard InChI is InChI=1S/C15H17F3N6O/c1-23-7-11(15(16,17)18)22-13(23)9-3-2-4-24(6-9)14(25)10-5-20-8-21-12(10)19/h5,7-9H,2-4,6H2,1H3,(H2,19,20,21)/t9-/m0/s1. The van der Waals surface area contributed by atoms with Crippen molar-refractivity contribution in [2.24, 2.45) is 7.05 Å². The second kappa shape index (κ2) is 6.34. The van der Waals surface area contributed by atoms with Crippen LogP contribution in [0.25, 0.3) is 0 Å². The zero-order valence-electron chi connectivity index (χ0n) is 13.5. The minimum Gasteiger partial charge on any atom is -0.383 e. The number of halogens is 3. The maximum atomic E-state index is 12.9. The zero-order valence-corrected chi connectivity index (χ0v) is 13.5. The van der Waals surface area contributed by atoms with Crippen LogP contribution in [0.4, 0.5) is 19.0 Å². The van der Waals surface area contributed by atoms with Gasteiger partial charge in [0.15, 0.2) is 5.69 Å². The molecule has 1 aliphatic rings. The highest BCUT2D eigenvalue weighted by Crippen LogP contribution is 2.32. The Morgan fingerprint density at radius 2 is 2.16 bits per heavy atom. The molecular weight excluding hydrogens is 337 g/mol. The van der Waals surface area contributed by atoms with Gasteiger partial charge < -0.3 is 15.2 Å². The van der Waals surface area contributed by atoms with E-state index in [-0.39, 0.29) is 29.8 Å². The molecule has 0 unspecified atom stereocenters. The van der Waals surface area contributed by atoms with Crippen molar-refractivity contribution in [1.82, 2.24) is 24.4 Å². The van der Waals surface area contributed by atoms with Crippen LogP contribution in [0.3, 0.4) is 0 Å². The van der Waals surface area contributed by atoms with Crippen LogP contribution in [0, 0.1) is 0 Å². The molecule has 0 aromatic carbocycles. The molecule has 3 heterocycles. The number of hydrogen-bond donors (Lipinski definition) is 1. The van der Waals surface area contributed by atoms with Gasteiger partial charge in [-0.25, -0.2) is 15.0 Å². The Bertz CT molecular complexity index is 788.